The topological polar surface area (TPSA) is 50.1 Å². The van der Waals surface area contributed by atoms with Gasteiger partial charge in [-0.15, -0.1) is 0 Å². The third-order valence-corrected chi connectivity index (χ3v) is 4.56. The molecule has 0 bridgehead atoms. The van der Waals surface area contributed by atoms with Crippen LogP contribution in [0.4, 0.5) is 19.0 Å². The number of aryl methyl sites for hydroxylation is 1. The predicted molar refractivity (Wildman–Crippen MR) is 83.3 cm³/mol. The number of rotatable bonds is 2. The van der Waals surface area contributed by atoms with Crippen molar-refractivity contribution in [3.8, 4) is 0 Å². The molecule has 0 aromatic carbocycles. The molecular weight excluding hydrogens is 377 g/mol. The maximum Gasteiger partial charge on any atom is 0.401 e. The van der Waals surface area contributed by atoms with Crippen molar-refractivity contribution in [2.45, 2.75) is 19.1 Å². The molecule has 0 radical (unpaired) electrons. The number of piperazine rings is 1. The maximum atomic E-state index is 12.6. The first kappa shape index (κ1) is 16.4. The summed E-state index contributed by atoms with van der Waals surface area (Å²) in [7, 11) is 1.79. The van der Waals surface area contributed by atoms with Gasteiger partial charge < -0.3 is 4.90 Å². The summed E-state index contributed by atoms with van der Waals surface area (Å²) in [6, 6.07) is -0.217. The fraction of sp³-hybridized carbons (Fsp3) is 0.615. The normalized spacial score (nSPS) is 20.4. The molecule has 23 heavy (non-hydrogen) atoms. The van der Waals surface area contributed by atoms with Crippen LogP contribution in [0.3, 0.4) is 0 Å². The molecule has 3 rings (SSSR count). The van der Waals surface area contributed by atoms with E-state index in [1.54, 1.807) is 18.7 Å². The van der Waals surface area contributed by atoms with E-state index in [1.807, 2.05) is 4.90 Å². The molecule has 0 aliphatic carbocycles. The van der Waals surface area contributed by atoms with Crippen molar-refractivity contribution in [1.82, 2.24) is 24.6 Å². The summed E-state index contributed by atoms with van der Waals surface area (Å²) in [5.74, 6) is 0.702. The van der Waals surface area contributed by atoms with Crippen molar-refractivity contribution in [1.29, 1.82) is 0 Å². The van der Waals surface area contributed by atoms with Gasteiger partial charge in [0, 0.05) is 32.7 Å². The fourth-order valence-corrected chi connectivity index (χ4v) is 3.51. The van der Waals surface area contributed by atoms with Gasteiger partial charge in [-0.2, -0.15) is 18.3 Å². The van der Waals surface area contributed by atoms with E-state index in [0.717, 1.165) is 5.39 Å². The van der Waals surface area contributed by atoms with Crippen molar-refractivity contribution in [3.05, 3.63) is 10.9 Å². The smallest absolute Gasteiger partial charge is 0.353 e. The van der Waals surface area contributed by atoms with Crippen molar-refractivity contribution < 1.29 is 13.2 Å². The summed E-state index contributed by atoms with van der Waals surface area (Å²) in [6.45, 7) is 2.22. The third-order valence-electron chi connectivity index (χ3n) is 4.00. The largest absolute Gasteiger partial charge is 0.401 e. The Morgan fingerprint density at radius 2 is 2.04 bits per heavy atom. The van der Waals surface area contributed by atoms with Crippen LogP contribution in [0.5, 0.6) is 0 Å². The molecule has 0 amide bonds. The Morgan fingerprint density at radius 1 is 1.30 bits per heavy atom. The molecule has 0 N–H and O–H groups in total. The molecule has 126 valence electrons. The van der Waals surface area contributed by atoms with Crippen LogP contribution in [0.25, 0.3) is 11.0 Å². The van der Waals surface area contributed by atoms with Crippen molar-refractivity contribution in [2.24, 2.45) is 7.05 Å². The molecule has 1 saturated heterocycles. The van der Waals surface area contributed by atoms with Crippen LogP contribution in [-0.2, 0) is 7.05 Å². The first-order valence-corrected chi connectivity index (χ1v) is 7.94. The second kappa shape index (κ2) is 5.90. The number of anilines is 1. The van der Waals surface area contributed by atoms with Crippen molar-refractivity contribution >= 4 is 32.8 Å². The zero-order valence-corrected chi connectivity index (χ0v) is 14.3. The van der Waals surface area contributed by atoms with Crippen LogP contribution in [0.1, 0.15) is 6.92 Å². The minimum Gasteiger partial charge on any atom is -0.353 e. The molecular formula is C13H16BrF3N6. The number of aromatic nitrogens is 4. The Hall–Kier alpha value is -1.42. The number of halogens is 4. The average molecular weight is 393 g/mol. The van der Waals surface area contributed by atoms with Gasteiger partial charge in [0.1, 0.15) is 16.7 Å². The standard InChI is InChI=1S/C13H16BrF3N6/c1-8-5-22(3-4-23(8)6-13(15,16)17)12-9-10(14)20-21(2)11(9)18-7-19-12/h7-8H,3-6H2,1-2H3. The lowest BCUT2D eigenvalue weighted by Crippen LogP contribution is -2.54. The number of fused-ring (bicyclic) bond motifs is 1. The molecule has 3 heterocycles. The monoisotopic (exact) mass is 392 g/mol. The van der Waals surface area contributed by atoms with Gasteiger partial charge in [-0.1, -0.05) is 0 Å². The second-order valence-electron chi connectivity index (χ2n) is 5.69. The number of hydrogen-bond acceptors (Lipinski definition) is 5. The van der Waals surface area contributed by atoms with Crippen LogP contribution < -0.4 is 4.90 Å². The molecule has 1 unspecified atom stereocenters. The molecule has 1 atom stereocenters. The lowest BCUT2D eigenvalue weighted by Gasteiger charge is -2.40. The van der Waals surface area contributed by atoms with Crippen LogP contribution in [0.15, 0.2) is 10.9 Å². The number of nitrogens with zero attached hydrogens (tertiary/aromatic N) is 6. The predicted octanol–water partition coefficient (Wildman–Crippen LogP) is 2.20. The van der Waals surface area contributed by atoms with Gasteiger partial charge in [0.15, 0.2) is 5.65 Å². The third kappa shape index (κ3) is 3.27. The molecule has 2 aromatic heterocycles. The van der Waals surface area contributed by atoms with Crippen molar-refractivity contribution in [3.63, 3.8) is 0 Å². The van der Waals surface area contributed by atoms with E-state index in [1.165, 1.54) is 11.2 Å². The Kier molecular flexibility index (Phi) is 4.21. The molecule has 1 aliphatic heterocycles. The van der Waals surface area contributed by atoms with Gasteiger partial charge in [0.2, 0.25) is 0 Å². The molecule has 2 aromatic rings. The van der Waals surface area contributed by atoms with Crippen molar-refractivity contribution in [2.75, 3.05) is 31.1 Å². The first-order chi connectivity index (χ1) is 10.8. The molecule has 0 spiro atoms. The summed E-state index contributed by atoms with van der Waals surface area (Å²) in [4.78, 5) is 12.0. The minimum absolute atomic E-state index is 0.217. The Labute approximate surface area is 139 Å². The van der Waals surface area contributed by atoms with Crippen LogP contribution in [-0.4, -0.2) is 63.0 Å². The van der Waals surface area contributed by atoms with E-state index in [0.29, 0.717) is 35.7 Å². The highest BCUT2D eigenvalue weighted by Gasteiger charge is 2.35. The summed E-state index contributed by atoms with van der Waals surface area (Å²) in [5, 5.41) is 5.06. The van der Waals surface area contributed by atoms with Crippen LogP contribution in [0.2, 0.25) is 0 Å². The summed E-state index contributed by atoms with van der Waals surface area (Å²) >= 11 is 3.40. The van der Waals surface area contributed by atoms with Gasteiger partial charge in [0.25, 0.3) is 0 Å². The Morgan fingerprint density at radius 3 is 2.70 bits per heavy atom. The zero-order chi connectivity index (χ0) is 16.8. The Bertz CT molecular complexity index is 716. The van der Waals surface area contributed by atoms with Gasteiger partial charge in [-0.05, 0) is 22.9 Å². The minimum atomic E-state index is -4.18. The van der Waals surface area contributed by atoms with E-state index in [9.17, 15) is 13.2 Å². The van der Waals surface area contributed by atoms with Gasteiger partial charge >= 0.3 is 6.18 Å². The van der Waals surface area contributed by atoms with E-state index < -0.39 is 12.7 Å². The Balaban J connectivity index is 1.85. The van der Waals surface area contributed by atoms with E-state index in [4.69, 9.17) is 0 Å². The molecule has 6 nitrogen and oxygen atoms in total. The lowest BCUT2D eigenvalue weighted by molar-refractivity contribution is -0.150. The molecule has 1 fully saturated rings. The highest BCUT2D eigenvalue weighted by Crippen LogP contribution is 2.31. The van der Waals surface area contributed by atoms with E-state index >= 15 is 0 Å². The number of alkyl halides is 3. The highest BCUT2D eigenvalue weighted by atomic mass is 79.9. The summed E-state index contributed by atoms with van der Waals surface area (Å²) < 4.78 is 40.1. The molecule has 1 aliphatic rings. The zero-order valence-electron chi connectivity index (χ0n) is 12.7. The quantitative estimate of drug-likeness (QED) is 0.783. The SMILES string of the molecule is CC1CN(c2ncnc3c2c(Br)nn3C)CCN1CC(F)(F)F. The van der Waals surface area contributed by atoms with Gasteiger partial charge in [-0.3, -0.25) is 4.90 Å². The fourth-order valence-electron chi connectivity index (χ4n) is 2.92. The number of hydrogen-bond donors (Lipinski definition) is 0. The highest BCUT2D eigenvalue weighted by molar-refractivity contribution is 9.10. The molecule has 10 heteroatoms. The average Bonchev–Trinajstić information content (AvgIpc) is 2.75. The van der Waals surface area contributed by atoms with Gasteiger partial charge in [0.05, 0.1) is 11.9 Å². The maximum absolute atomic E-state index is 12.6. The lowest BCUT2D eigenvalue weighted by atomic mass is 10.2. The summed E-state index contributed by atoms with van der Waals surface area (Å²) in [5.41, 5.74) is 0.687. The molecule has 0 saturated carbocycles. The first-order valence-electron chi connectivity index (χ1n) is 7.15. The second-order valence-corrected chi connectivity index (χ2v) is 6.44. The summed E-state index contributed by atoms with van der Waals surface area (Å²) in [6.07, 6.45) is -2.72. The van der Waals surface area contributed by atoms with Gasteiger partial charge in [-0.25, -0.2) is 14.6 Å². The van der Waals surface area contributed by atoms with E-state index in [2.05, 4.69) is 31.0 Å². The van der Waals surface area contributed by atoms with Crippen LogP contribution in [0, 0.1) is 0 Å². The van der Waals surface area contributed by atoms with E-state index in [-0.39, 0.29) is 6.04 Å². The van der Waals surface area contributed by atoms with Crippen LogP contribution >= 0.6 is 15.9 Å².